The normalized spacial score (nSPS) is 19.1. The zero-order valence-corrected chi connectivity index (χ0v) is 16.6. The maximum absolute atomic E-state index is 12.8. The van der Waals surface area contributed by atoms with E-state index in [1.807, 2.05) is 0 Å². The van der Waals surface area contributed by atoms with Crippen molar-refractivity contribution >= 4 is 42.2 Å². The van der Waals surface area contributed by atoms with Gasteiger partial charge in [-0.15, -0.1) is 0 Å². The lowest BCUT2D eigenvalue weighted by atomic mass is 10.1. The van der Waals surface area contributed by atoms with E-state index in [0.717, 1.165) is 0 Å². The highest BCUT2D eigenvalue weighted by Gasteiger charge is 2.38. The van der Waals surface area contributed by atoms with Gasteiger partial charge in [0.2, 0.25) is 23.6 Å². The summed E-state index contributed by atoms with van der Waals surface area (Å²) in [5.41, 5.74) is 10.4. The first-order chi connectivity index (χ1) is 13.6. The molecule has 1 heterocycles. The van der Waals surface area contributed by atoms with Gasteiger partial charge in [0.15, 0.2) is 0 Å². The molecule has 0 spiro atoms. The Labute approximate surface area is 172 Å². The molecule has 4 unspecified atom stereocenters. The number of aliphatic hydroxyl groups excluding tert-OH is 1. The van der Waals surface area contributed by atoms with E-state index in [1.165, 1.54) is 4.90 Å². The molecular formula is C16H27N5O7S. The predicted octanol–water partition coefficient (Wildman–Crippen LogP) is -3.45. The molecule has 12 nitrogen and oxygen atoms in total. The minimum Gasteiger partial charge on any atom is -0.480 e. The third-order valence-corrected chi connectivity index (χ3v) is 4.83. The van der Waals surface area contributed by atoms with E-state index >= 15 is 0 Å². The van der Waals surface area contributed by atoms with Crippen LogP contribution in [0.4, 0.5) is 0 Å². The number of carbonyl (C=O) groups is 5. The Hall–Kier alpha value is -2.38. The fraction of sp³-hybridized carbons (Fsp3) is 0.688. The quantitative estimate of drug-likeness (QED) is 0.163. The number of nitrogens with two attached hydrogens (primary N) is 2. The number of aliphatic carboxylic acids is 1. The van der Waals surface area contributed by atoms with Gasteiger partial charge in [-0.1, -0.05) is 0 Å². The van der Waals surface area contributed by atoms with Crippen molar-refractivity contribution < 1.29 is 34.2 Å². The van der Waals surface area contributed by atoms with E-state index in [-0.39, 0.29) is 25.1 Å². The number of carboxylic acid groups (broad SMARTS) is 1. The molecule has 0 aromatic rings. The number of likely N-dealkylation sites (tertiary alicyclic amines) is 1. The second-order valence-electron chi connectivity index (χ2n) is 6.63. The first-order valence-electron chi connectivity index (χ1n) is 9.02. The Bertz CT molecular complexity index is 647. The number of thiol groups is 1. The minimum absolute atomic E-state index is 0.0656. The van der Waals surface area contributed by atoms with Gasteiger partial charge in [-0.05, 0) is 19.3 Å². The molecule has 29 heavy (non-hydrogen) atoms. The highest BCUT2D eigenvalue weighted by atomic mass is 32.1. The van der Waals surface area contributed by atoms with Crippen molar-refractivity contribution in [1.82, 2.24) is 15.5 Å². The third kappa shape index (κ3) is 7.18. The fourth-order valence-electron chi connectivity index (χ4n) is 2.86. The number of aliphatic hydroxyl groups is 1. The number of nitrogens with zero attached hydrogens (tertiary/aromatic N) is 1. The van der Waals surface area contributed by atoms with Gasteiger partial charge in [-0.25, -0.2) is 4.79 Å². The maximum Gasteiger partial charge on any atom is 0.326 e. The van der Waals surface area contributed by atoms with E-state index in [2.05, 4.69) is 23.3 Å². The van der Waals surface area contributed by atoms with Gasteiger partial charge in [0, 0.05) is 18.7 Å². The summed E-state index contributed by atoms with van der Waals surface area (Å²) in [6.45, 7) is -0.363. The van der Waals surface area contributed by atoms with E-state index < -0.39 is 60.4 Å². The van der Waals surface area contributed by atoms with Gasteiger partial charge in [-0.3, -0.25) is 19.2 Å². The SMILES string of the molecule is NC(=O)CCC(NC(=O)C1CCCN1C(=O)C(CS)NC(=O)C(N)CO)C(=O)O. The van der Waals surface area contributed by atoms with E-state index in [9.17, 15) is 29.1 Å². The number of hydrogen-bond acceptors (Lipinski definition) is 8. The summed E-state index contributed by atoms with van der Waals surface area (Å²) in [6.07, 6.45) is 0.421. The first kappa shape index (κ1) is 24.7. The van der Waals surface area contributed by atoms with Crippen molar-refractivity contribution in [3.8, 4) is 0 Å². The predicted molar refractivity (Wildman–Crippen MR) is 104 cm³/mol. The molecule has 1 saturated heterocycles. The number of carbonyl (C=O) groups excluding carboxylic acids is 4. The Kier molecular flexibility index (Phi) is 9.85. The Morgan fingerprint density at radius 3 is 2.34 bits per heavy atom. The molecular weight excluding hydrogens is 406 g/mol. The number of carboxylic acids is 1. The summed E-state index contributed by atoms with van der Waals surface area (Å²) in [6, 6.07) is -4.52. The molecule has 1 aliphatic rings. The molecule has 4 atom stereocenters. The van der Waals surface area contributed by atoms with Crippen molar-refractivity contribution in [2.45, 2.75) is 49.9 Å². The second kappa shape index (κ2) is 11.6. The van der Waals surface area contributed by atoms with Crippen LogP contribution in [0.3, 0.4) is 0 Å². The lowest BCUT2D eigenvalue weighted by Gasteiger charge is -2.29. The number of primary amides is 1. The minimum atomic E-state index is -1.33. The smallest absolute Gasteiger partial charge is 0.326 e. The Balaban J connectivity index is 2.82. The lowest BCUT2D eigenvalue weighted by molar-refractivity contribution is -0.145. The van der Waals surface area contributed by atoms with Crippen molar-refractivity contribution in [3.63, 3.8) is 0 Å². The van der Waals surface area contributed by atoms with Gasteiger partial charge in [0.05, 0.1) is 6.61 Å². The van der Waals surface area contributed by atoms with Crippen molar-refractivity contribution in [3.05, 3.63) is 0 Å². The van der Waals surface area contributed by atoms with Crippen molar-refractivity contribution in [2.75, 3.05) is 18.9 Å². The molecule has 1 fully saturated rings. The van der Waals surface area contributed by atoms with E-state index in [1.54, 1.807) is 0 Å². The summed E-state index contributed by atoms with van der Waals surface area (Å²) in [5, 5.41) is 22.8. The molecule has 1 aliphatic heterocycles. The Morgan fingerprint density at radius 1 is 1.17 bits per heavy atom. The lowest BCUT2D eigenvalue weighted by Crippen LogP contribution is -2.57. The maximum atomic E-state index is 12.8. The molecule has 4 amide bonds. The number of nitrogens with one attached hydrogen (secondary N) is 2. The zero-order valence-electron chi connectivity index (χ0n) is 15.7. The van der Waals surface area contributed by atoms with Crippen LogP contribution in [0.15, 0.2) is 0 Å². The molecule has 13 heteroatoms. The van der Waals surface area contributed by atoms with Crippen LogP contribution in [0.1, 0.15) is 25.7 Å². The van der Waals surface area contributed by atoms with Crippen LogP contribution in [-0.2, 0) is 24.0 Å². The fourth-order valence-corrected chi connectivity index (χ4v) is 3.11. The van der Waals surface area contributed by atoms with Gasteiger partial charge < -0.3 is 37.2 Å². The monoisotopic (exact) mass is 433 g/mol. The third-order valence-electron chi connectivity index (χ3n) is 4.46. The highest BCUT2D eigenvalue weighted by Crippen LogP contribution is 2.19. The summed E-state index contributed by atoms with van der Waals surface area (Å²) in [7, 11) is 0. The van der Waals surface area contributed by atoms with Crippen molar-refractivity contribution in [2.24, 2.45) is 11.5 Å². The average molecular weight is 433 g/mol. The Morgan fingerprint density at radius 2 is 1.83 bits per heavy atom. The number of amides is 4. The molecule has 0 aliphatic carbocycles. The van der Waals surface area contributed by atoms with Gasteiger partial charge in [0.25, 0.3) is 0 Å². The first-order valence-corrected chi connectivity index (χ1v) is 9.65. The number of hydrogen-bond donors (Lipinski definition) is 7. The van der Waals surface area contributed by atoms with Crippen LogP contribution in [0.5, 0.6) is 0 Å². The summed E-state index contributed by atoms with van der Waals surface area (Å²) in [4.78, 5) is 60.6. The van der Waals surface area contributed by atoms with Crippen LogP contribution in [0.2, 0.25) is 0 Å². The average Bonchev–Trinajstić information content (AvgIpc) is 3.17. The van der Waals surface area contributed by atoms with Crippen LogP contribution >= 0.6 is 12.6 Å². The van der Waals surface area contributed by atoms with E-state index in [4.69, 9.17) is 16.6 Å². The van der Waals surface area contributed by atoms with Crippen LogP contribution in [0.25, 0.3) is 0 Å². The second-order valence-corrected chi connectivity index (χ2v) is 6.99. The summed E-state index contributed by atoms with van der Waals surface area (Å²) >= 11 is 4.04. The molecule has 0 bridgehead atoms. The van der Waals surface area contributed by atoms with E-state index in [0.29, 0.717) is 12.8 Å². The zero-order chi connectivity index (χ0) is 22.1. The molecule has 1 rings (SSSR count). The molecule has 8 N–H and O–H groups in total. The number of rotatable bonds is 11. The van der Waals surface area contributed by atoms with Crippen molar-refractivity contribution in [1.29, 1.82) is 0 Å². The van der Waals surface area contributed by atoms with Gasteiger partial charge in [-0.2, -0.15) is 12.6 Å². The molecule has 164 valence electrons. The summed E-state index contributed by atoms with van der Waals surface area (Å²) < 4.78 is 0. The standard InChI is InChI=1S/C16H27N5O7S/c17-8(6-22)13(24)20-10(7-29)15(26)21-5-1-2-11(21)14(25)19-9(16(27)28)3-4-12(18)23/h8-11,22,29H,1-7,17H2,(H2,18,23)(H,19,25)(H,20,24)(H,27,28). The van der Waals surface area contributed by atoms with Crippen LogP contribution in [0, 0.1) is 0 Å². The highest BCUT2D eigenvalue weighted by molar-refractivity contribution is 7.80. The van der Waals surface area contributed by atoms with Gasteiger partial charge >= 0.3 is 5.97 Å². The topological polar surface area (TPSA) is 205 Å². The summed E-state index contributed by atoms with van der Waals surface area (Å²) in [5.74, 6) is -4.07. The van der Waals surface area contributed by atoms with Gasteiger partial charge in [0.1, 0.15) is 24.2 Å². The van der Waals surface area contributed by atoms with Crippen LogP contribution in [-0.4, -0.2) is 87.8 Å². The molecule has 0 aromatic heterocycles. The molecule has 0 saturated carbocycles. The molecule has 0 radical (unpaired) electrons. The van der Waals surface area contributed by atoms with Crippen LogP contribution < -0.4 is 22.1 Å². The molecule has 0 aromatic carbocycles. The largest absolute Gasteiger partial charge is 0.480 e.